The number of carbonyl (C=O) groups excluding carboxylic acids is 1. The zero-order valence-electron chi connectivity index (χ0n) is 15.0. The van der Waals surface area contributed by atoms with Gasteiger partial charge in [0.2, 0.25) is 17.1 Å². The van der Waals surface area contributed by atoms with Gasteiger partial charge < -0.3 is 35.2 Å². The number of nitrogens with two attached hydrogens (primary N) is 1. The van der Waals surface area contributed by atoms with Crippen molar-refractivity contribution in [3.05, 3.63) is 73.3 Å². The summed E-state index contributed by atoms with van der Waals surface area (Å²) in [4.78, 5) is 25.0. The number of aliphatic hydroxyl groups excluding tert-OH is 1. The molecular formula is C18H16ClN2O8-. The molecule has 2 heterocycles. The van der Waals surface area contributed by atoms with Crippen molar-refractivity contribution in [3.63, 3.8) is 0 Å². The molecule has 4 N–H and O–H groups in total. The number of aliphatic hydroxyl groups is 1. The third-order valence-corrected chi connectivity index (χ3v) is 4.52. The highest BCUT2D eigenvalue weighted by Gasteiger charge is 2.40. The highest BCUT2D eigenvalue weighted by atomic mass is 35.5. The van der Waals surface area contributed by atoms with Crippen molar-refractivity contribution in [2.75, 3.05) is 11.8 Å². The van der Waals surface area contributed by atoms with Gasteiger partial charge in [-0.2, -0.15) is 0 Å². The molecule has 0 bridgehead atoms. The van der Waals surface area contributed by atoms with E-state index < -0.39 is 35.0 Å². The molecule has 3 rings (SSSR count). The normalized spacial score (nSPS) is 15.6. The third-order valence-electron chi connectivity index (χ3n) is 4.17. The molecule has 0 aliphatic carbocycles. The maximum absolute atomic E-state index is 12.6. The van der Waals surface area contributed by atoms with Gasteiger partial charge in [-0.1, -0.05) is 11.6 Å². The molecule has 0 radical (unpaired) electrons. The highest BCUT2D eigenvalue weighted by Crippen LogP contribution is 2.44. The second-order valence-corrected chi connectivity index (χ2v) is 6.35. The van der Waals surface area contributed by atoms with E-state index in [2.05, 4.69) is 0 Å². The number of halogens is 1. The van der Waals surface area contributed by atoms with Crippen LogP contribution in [0.15, 0.2) is 44.9 Å². The van der Waals surface area contributed by atoms with Crippen molar-refractivity contribution in [1.29, 1.82) is 0 Å². The fourth-order valence-corrected chi connectivity index (χ4v) is 3.18. The average Bonchev–Trinajstić information content (AvgIpc) is 2.68. The van der Waals surface area contributed by atoms with Gasteiger partial charge in [0, 0.05) is 11.1 Å². The number of rotatable bonds is 5. The lowest BCUT2D eigenvalue weighted by Crippen LogP contribution is -2.30. The number of esters is 1. The van der Waals surface area contributed by atoms with E-state index in [1.807, 2.05) is 0 Å². The number of hydrogen-bond acceptors (Lipinski definition) is 10. The number of benzene rings is 1. The first-order chi connectivity index (χ1) is 13.8. The minimum atomic E-state index is -1.20. The van der Waals surface area contributed by atoms with Gasteiger partial charge in [-0.3, -0.25) is 10.0 Å². The molecule has 2 aromatic rings. The summed E-state index contributed by atoms with van der Waals surface area (Å²) in [5.74, 6) is -3.03. The summed E-state index contributed by atoms with van der Waals surface area (Å²) in [7, 11) is 0. The van der Waals surface area contributed by atoms with E-state index in [0.717, 1.165) is 6.07 Å². The minimum Gasteiger partial charge on any atom is -0.733 e. The molecule has 1 aliphatic heterocycles. The monoisotopic (exact) mass is 423 g/mol. The van der Waals surface area contributed by atoms with Crippen LogP contribution in [-0.4, -0.2) is 22.9 Å². The Morgan fingerprint density at radius 1 is 1.41 bits per heavy atom. The standard InChI is InChI=1S/C18H16ClN2O8/c1-2-27-18(24)14-13(10-5-8(21(25)26)3-4-11(10)19)16-15(29-17(14)20)12(23)6-9(7-22)28-16/h3-6,13,22,25H,2,7,20H2,1H3/q-1. The molecule has 29 heavy (non-hydrogen) atoms. The molecular weight excluding hydrogens is 408 g/mol. The predicted molar refractivity (Wildman–Crippen MR) is 100 cm³/mol. The Labute approximate surface area is 168 Å². The van der Waals surface area contributed by atoms with Gasteiger partial charge in [0.1, 0.15) is 17.9 Å². The topological polar surface area (TPSA) is 159 Å². The summed E-state index contributed by atoms with van der Waals surface area (Å²) >= 11 is 6.28. The minimum absolute atomic E-state index is 0.0224. The number of ether oxygens (including phenoxy) is 2. The first kappa shape index (κ1) is 20.7. The molecule has 0 fully saturated rings. The molecule has 0 amide bonds. The van der Waals surface area contributed by atoms with Crippen molar-refractivity contribution in [1.82, 2.24) is 0 Å². The Morgan fingerprint density at radius 3 is 2.76 bits per heavy atom. The average molecular weight is 424 g/mol. The van der Waals surface area contributed by atoms with Crippen molar-refractivity contribution >= 4 is 23.3 Å². The van der Waals surface area contributed by atoms with E-state index >= 15 is 0 Å². The van der Waals surface area contributed by atoms with Crippen molar-refractivity contribution in [2.45, 2.75) is 19.4 Å². The summed E-state index contributed by atoms with van der Waals surface area (Å²) in [5, 5.41) is 29.7. The highest BCUT2D eigenvalue weighted by molar-refractivity contribution is 6.31. The van der Waals surface area contributed by atoms with Gasteiger partial charge in [0.15, 0.2) is 5.76 Å². The summed E-state index contributed by atoms with van der Waals surface area (Å²) in [5.41, 5.74) is 4.96. The van der Waals surface area contributed by atoms with Crippen molar-refractivity contribution in [3.8, 4) is 5.75 Å². The van der Waals surface area contributed by atoms with Crippen LogP contribution in [0.5, 0.6) is 5.75 Å². The van der Waals surface area contributed by atoms with Crippen molar-refractivity contribution < 1.29 is 29.0 Å². The van der Waals surface area contributed by atoms with Crippen LogP contribution in [0.4, 0.5) is 5.69 Å². The molecule has 0 spiro atoms. The van der Waals surface area contributed by atoms with E-state index in [1.54, 1.807) is 6.92 Å². The van der Waals surface area contributed by atoms with Crippen LogP contribution in [0.25, 0.3) is 0 Å². The summed E-state index contributed by atoms with van der Waals surface area (Å²) in [6.07, 6.45) is 0. The molecule has 11 heteroatoms. The van der Waals surface area contributed by atoms with E-state index in [9.17, 15) is 25.1 Å². The van der Waals surface area contributed by atoms with Gasteiger partial charge in [-0.15, -0.1) is 0 Å². The van der Waals surface area contributed by atoms with Crippen LogP contribution in [-0.2, 0) is 16.1 Å². The van der Waals surface area contributed by atoms with Gasteiger partial charge in [0.05, 0.1) is 18.2 Å². The van der Waals surface area contributed by atoms with E-state index in [4.69, 9.17) is 31.2 Å². The molecule has 1 aromatic carbocycles. The lowest BCUT2D eigenvalue weighted by molar-refractivity contribution is -0.139. The Balaban J connectivity index is 2.33. The van der Waals surface area contributed by atoms with Gasteiger partial charge >= 0.3 is 5.97 Å². The van der Waals surface area contributed by atoms with E-state index in [-0.39, 0.29) is 45.7 Å². The van der Waals surface area contributed by atoms with Crippen LogP contribution in [0, 0.1) is 5.21 Å². The second-order valence-electron chi connectivity index (χ2n) is 5.94. The maximum Gasteiger partial charge on any atom is 0.340 e. The molecule has 154 valence electrons. The molecule has 1 aliphatic rings. The number of anilines is 1. The van der Waals surface area contributed by atoms with Gasteiger partial charge in [0.25, 0.3) is 0 Å². The molecule has 0 saturated carbocycles. The Bertz CT molecular complexity index is 1050. The largest absolute Gasteiger partial charge is 0.733 e. The van der Waals surface area contributed by atoms with Crippen LogP contribution < -0.4 is 21.1 Å². The van der Waals surface area contributed by atoms with Gasteiger partial charge in [-0.25, -0.2) is 4.79 Å². The zero-order chi connectivity index (χ0) is 21.3. The zero-order valence-corrected chi connectivity index (χ0v) is 15.8. The molecule has 0 saturated heterocycles. The Morgan fingerprint density at radius 2 is 2.14 bits per heavy atom. The van der Waals surface area contributed by atoms with Crippen molar-refractivity contribution in [2.24, 2.45) is 5.73 Å². The van der Waals surface area contributed by atoms with E-state index in [0.29, 0.717) is 0 Å². The van der Waals surface area contributed by atoms with Crippen LogP contribution in [0.1, 0.15) is 29.9 Å². The molecule has 1 atom stereocenters. The summed E-state index contributed by atoms with van der Waals surface area (Å²) in [6, 6.07) is 4.78. The van der Waals surface area contributed by atoms with Crippen LogP contribution in [0.2, 0.25) is 5.02 Å². The smallest absolute Gasteiger partial charge is 0.340 e. The lowest BCUT2D eigenvalue weighted by Gasteiger charge is -2.29. The Hall–Kier alpha value is -3.05. The lowest BCUT2D eigenvalue weighted by atomic mass is 9.86. The van der Waals surface area contributed by atoms with Crippen LogP contribution >= 0.6 is 11.6 Å². The third kappa shape index (κ3) is 3.78. The molecule has 1 aromatic heterocycles. The summed E-state index contributed by atoms with van der Waals surface area (Å²) in [6.45, 7) is 1.01. The quantitative estimate of drug-likeness (QED) is 0.477. The first-order valence-electron chi connectivity index (χ1n) is 8.36. The fourth-order valence-electron chi connectivity index (χ4n) is 2.95. The number of nitrogens with zero attached hydrogens (tertiary/aromatic N) is 1. The Kier molecular flexibility index (Phi) is 5.80. The van der Waals surface area contributed by atoms with Gasteiger partial charge in [-0.05, 0) is 30.7 Å². The molecule has 10 nitrogen and oxygen atoms in total. The predicted octanol–water partition coefficient (Wildman–Crippen LogP) is 1.74. The van der Waals surface area contributed by atoms with E-state index in [1.165, 1.54) is 18.2 Å². The number of carbonyl (C=O) groups is 1. The summed E-state index contributed by atoms with van der Waals surface area (Å²) < 4.78 is 15.9. The number of hydrogen-bond donors (Lipinski definition) is 3. The SMILES string of the molecule is CCOC(=O)C1=C(N)Oc2c(oc(CO)cc2=O)C1c1cc(N([O-])O)ccc1Cl. The second kappa shape index (κ2) is 8.13. The number of fused-ring (bicyclic) bond motifs is 1. The maximum atomic E-state index is 12.6. The van der Waals surface area contributed by atoms with Crippen LogP contribution in [0.3, 0.4) is 0 Å². The molecule has 1 unspecified atom stereocenters. The fraction of sp³-hybridized carbons (Fsp3) is 0.222. The first-order valence-corrected chi connectivity index (χ1v) is 8.74.